The quantitative estimate of drug-likeness (QED) is 0.913. The van der Waals surface area contributed by atoms with Crippen LogP contribution in [0.2, 0.25) is 0 Å². The zero-order chi connectivity index (χ0) is 11.7. The number of hydrogen-bond donors (Lipinski definition) is 1. The Bertz CT molecular complexity index is 488. The summed E-state index contributed by atoms with van der Waals surface area (Å²) in [6.45, 7) is 7.37. The summed E-state index contributed by atoms with van der Waals surface area (Å²) in [6.07, 6.45) is 0. The van der Waals surface area contributed by atoms with Gasteiger partial charge in [-0.15, -0.1) is 12.4 Å². The number of aromatic nitrogens is 2. The molecule has 3 nitrogen and oxygen atoms in total. The Labute approximate surface area is 108 Å². The van der Waals surface area contributed by atoms with E-state index < -0.39 is 0 Å². The number of halogens is 1. The van der Waals surface area contributed by atoms with Gasteiger partial charge < -0.3 is 10.3 Å². The van der Waals surface area contributed by atoms with Crippen LogP contribution in [-0.4, -0.2) is 9.55 Å². The summed E-state index contributed by atoms with van der Waals surface area (Å²) in [5, 5.41) is 0. The molecule has 4 heteroatoms. The molecule has 0 aliphatic carbocycles. The summed E-state index contributed by atoms with van der Waals surface area (Å²) in [4.78, 5) is 4.60. The number of nitrogens with two attached hydrogens (primary N) is 1. The highest BCUT2D eigenvalue weighted by Gasteiger charge is 2.13. The molecule has 94 valence electrons. The van der Waals surface area contributed by atoms with E-state index in [1.165, 1.54) is 5.52 Å². The van der Waals surface area contributed by atoms with Gasteiger partial charge in [0, 0.05) is 6.54 Å². The summed E-state index contributed by atoms with van der Waals surface area (Å²) in [5.74, 6) is 1.57. The highest BCUT2D eigenvalue weighted by Crippen LogP contribution is 2.20. The van der Waals surface area contributed by atoms with Gasteiger partial charge in [-0.1, -0.05) is 26.0 Å². The van der Waals surface area contributed by atoms with E-state index in [4.69, 9.17) is 5.73 Å². The minimum Gasteiger partial charge on any atom is -0.326 e. The molecule has 2 N–H and O–H groups in total. The Kier molecular flexibility index (Phi) is 4.54. The molecule has 1 atom stereocenters. The average molecular weight is 254 g/mol. The molecule has 0 aliphatic rings. The molecule has 1 aromatic carbocycles. The molecule has 1 aromatic heterocycles. The van der Waals surface area contributed by atoms with Crippen LogP contribution >= 0.6 is 12.4 Å². The maximum Gasteiger partial charge on any atom is 0.126 e. The SMILES string of the molecule is CC(C)Cn1c([C@H](C)N)nc2ccccc21.Cl. The lowest BCUT2D eigenvalue weighted by Crippen LogP contribution is -2.15. The Morgan fingerprint density at radius 1 is 1.24 bits per heavy atom. The van der Waals surface area contributed by atoms with Crippen molar-refractivity contribution in [3.05, 3.63) is 30.1 Å². The van der Waals surface area contributed by atoms with Crippen molar-refractivity contribution in [1.29, 1.82) is 0 Å². The predicted molar refractivity (Wildman–Crippen MR) is 74.4 cm³/mol. The Morgan fingerprint density at radius 3 is 2.47 bits per heavy atom. The molecule has 0 aliphatic heterocycles. The van der Waals surface area contributed by atoms with E-state index in [1.807, 2.05) is 25.1 Å². The Morgan fingerprint density at radius 2 is 1.88 bits per heavy atom. The lowest BCUT2D eigenvalue weighted by atomic mass is 10.2. The van der Waals surface area contributed by atoms with Crippen LogP contribution in [0.3, 0.4) is 0 Å². The molecule has 0 saturated heterocycles. The van der Waals surface area contributed by atoms with Crippen molar-refractivity contribution in [2.75, 3.05) is 0 Å². The third kappa shape index (κ3) is 2.79. The van der Waals surface area contributed by atoms with Crippen molar-refractivity contribution in [2.45, 2.75) is 33.4 Å². The van der Waals surface area contributed by atoms with Crippen molar-refractivity contribution in [2.24, 2.45) is 11.7 Å². The molecule has 0 spiro atoms. The zero-order valence-corrected chi connectivity index (χ0v) is 11.4. The van der Waals surface area contributed by atoms with Gasteiger partial charge in [-0.3, -0.25) is 0 Å². The highest BCUT2D eigenvalue weighted by atomic mass is 35.5. The van der Waals surface area contributed by atoms with Gasteiger partial charge in [0.05, 0.1) is 17.1 Å². The molecule has 0 saturated carbocycles. The first-order valence-electron chi connectivity index (χ1n) is 5.80. The number of hydrogen-bond acceptors (Lipinski definition) is 2. The minimum atomic E-state index is -0.0221. The van der Waals surface area contributed by atoms with Crippen molar-refractivity contribution < 1.29 is 0 Å². The second-order valence-electron chi connectivity index (χ2n) is 4.75. The van der Waals surface area contributed by atoms with Crippen LogP contribution in [0.15, 0.2) is 24.3 Å². The first-order valence-corrected chi connectivity index (χ1v) is 5.80. The molecule has 17 heavy (non-hydrogen) atoms. The van der Waals surface area contributed by atoms with E-state index in [9.17, 15) is 0 Å². The fraction of sp³-hybridized carbons (Fsp3) is 0.462. The van der Waals surface area contributed by atoms with Gasteiger partial charge >= 0.3 is 0 Å². The predicted octanol–water partition coefficient (Wildman–Crippen LogP) is 3.13. The van der Waals surface area contributed by atoms with E-state index in [0.717, 1.165) is 17.9 Å². The van der Waals surface area contributed by atoms with E-state index in [-0.39, 0.29) is 18.4 Å². The number of rotatable bonds is 3. The number of para-hydroxylation sites is 2. The van der Waals surface area contributed by atoms with Gasteiger partial charge in [0.2, 0.25) is 0 Å². The number of benzene rings is 1. The molecule has 2 aromatic rings. The minimum absolute atomic E-state index is 0. The zero-order valence-electron chi connectivity index (χ0n) is 10.6. The topological polar surface area (TPSA) is 43.8 Å². The van der Waals surface area contributed by atoms with Crippen LogP contribution in [0.25, 0.3) is 11.0 Å². The molecule has 0 bridgehead atoms. The third-order valence-electron chi connectivity index (χ3n) is 2.64. The highest BCUT2D eigenvalue weighted by molar-refractivity contribution is 5.85. The van der Waals surface area contributed by atoms with Gasteiger partial charge in [0.25, 0.3) is 0 Å². The average Bonchev–Trinajstić information content (AvgIpc) is 2.57. The second kappa shape index (κ2) is 5.52. The summed E-state index contributed by atoms with van der Waals surface area (Å²) in [5.41, 5.74) is 8.19. The van der Waals surface area contributed by atoms with Crippen LogP contribution in [0.4, 0.5) is 0 Å². The molecular weight excluding hydrogens is 234 g/mol. The van der Waals surface area contributed by atoms with Crippen LogP contribution in [0, 0.1) is 5.92 Å². The lowest BCUT2D eigenvalue weighted by Gasteiger charge is -2.13. The van der Waals surface area contributed by atoms with Gasteiger partial charge in [0.1, 0.15) is 5.82 Å². The summed E-state index contributed by atoms with van der Waals surface area (Å²) >= 11 is 0. The van der Waals surface area contributed by atoms with Crippen LogP contribution < -0.4 is 5.73 Å². The molecule has 0 fully saturated rings. The molecule has 0 unspecified atom stereocenters. The van der Waals surface area contributed by atoms with Gasteiger partial charge in [-0.05, 0) is 25.0 Å². The van der Waals surface area contributed by atoms with Crippen molar-refractivity contribution in [1.82, 2.24) is 9.55 Å². The number of fused-ring (bicyclic) bond motifs is 1. The fourth-order valence-electron chi connectivity index (χ4n) is 2.00. The van der Waals surface area contributed by atoms with E-state index in [2.05, 4.69) is 29.5 Å². The van der Waals surface area contributed by atoms with Gasteiger partial charge in [-0.2, -0.15) is 0 Å². The number of nitrogens with zero attached hydrogens (tertiary/aromatic N) is 2. The summed E-state index contributed by atoms with van der Waals surface area (Å²) in [7, 11) is 0. The Balaban J connectivity index is 0.00000144. The van der Waals surface area contributed by atoms with Crippen molar-refractivity contribution in [3.8, 4) is 0 Å². The maximum absolute atomic E-state index is 5.97. The summed E-state index contributed by atoms with van der Waals surface area (Å²) in [6, 6.07) is 8.19. The smallest absolute Gasteiger partial charge is 0.126 e. The first kappa shape index (κ1) is 14.0. The summed E-state index contributed by atoms with van der Waals surface area (Å²) < 4.78 is 2.24. The maximum atomic E-state index is 5.97. The lowest BCUT2D eigenvalue weighted by molar-refractivity contribution is 0.505. The molecule has 1 heterocycles. The van der Waals surface area contributed by atoms with Crippen LogP contribution in [0.5, 0.6) is 0 Å². The molecular formula is C13H20ClN3. The number of imidazole rings is 1. The van der Waals surface area contributed by atoms with Crippen LogP contribution in [0.1, 0.15) is 32.6 Å². The molecule has 2 rings (SSSR count). The van der Waals surface area contributed by atoms with Crippen molar-refractivity contribution in [3.63, 3.8) is 0 Å². The molecule has 0 amide bonds. The normalized spacial score (nSPS) is 12.8. The monoisotopic (exact) mass is 253 g/mol. The first-order chi connectivity index (χ1) is 7.59. The standard InChI is InChI=1S/C13H19N3.ClH/c1-9(2)8-16-12-7-5-4-6-11(12)15-13(16)10(3)14;/h4-7,9-10H,8,14H2,1-3H3;1H/t10-;/m0./s1. The molecule has 0 radical (unpaired) electrons. The Hall–Kier alpha value is -1.06. The van der Waals surface area contributed by atoms with E-state index >= 15 is 0 Å². The van der Waals surface area contributed by atoms with Crippen LogP contribution in [-0.2, 0) is 6.54 Å². The largest absolute Gasteiger partial charge is 0.326 e. The van der Waals surface area contributed by atoms with Gasteiger partial charge in [-0.25, -0.2) is 4.98 Å². The third-order valence-corrected chi connectivity index (χ3v) is 2.64. The van der Waals surface area contributed by atoms with E-state index in [1.54, 1.807) is 0 Å². The van der Waals surface area contributed by atoms with Crippen molar-refractivity contribution >= 4 is 23.4 Å². The van der Waals surface area contributed by atoms with E-state index in [0.29, 0.717) is 5.92 Å². The van der Waals surface area contributed by atoms with Gasteiger partial charge in [0.15, 0.2) is 0 Å². The second-order valence-corrected chi connectivity index (χ2v) is 4.75. The fourth-order valence-corrected chi connectivity index (χ4v) is 2.00.